The van der Waals surface area contributed by atoms with E-state index < -0.39 is 0 Å². The van der Waals surface area contributed by atoms with Crippen molar-refractivity contribution >= 4 is 0 Å². The Morgan fingerprint density at radius 2 is 2.19 bits per heavy atom. The van der Waals surface area contributed by atoms with Crippen molar-refractivity contribution in [2.75, 3.05) is 13.2 Å². The predicted octanol–water partition coefficient (Wildman–Crippen LogP) is 2.47. The van der Waals surface area contributed by atoms with Crippen LogP contribution in [-0.2, 0) is 4.74 Å². The van der Waals surface area contributed by atoms with E-state index in [0.29, 0.717) is 6.04 Å². The summed E-state index contributed by atoms with van der Waals surface area (Å²) in [4.78, 5) is 0. The van der Waals surface area contributed by atoms with Crippen LogP contribution in [0.3, 0.4) is 0 Å². The Balaban J connectivity index is 2.42. The van der Waals surface area contributed by atoms with Gasteiger partial charge in [0, 0.05) is 19.2 Å². The third-order valence-electron chi connectivity index (χ3n) is 3.71. The summed E-state index contributed by atoms with van der Waals surface area (Å²) in [5.41, 5.74) is 0.0752. The van der Waals surface area contributed by atoms with E-state index in [0.717, 1.165) is 38.8 Å². The summed E-state index contributed by atoms with van der Waals surface area (Å²) in [6, 6.07) is 2.78. The molecule has 1 fully saturated rings. The number of nitrogens with zero attached hydrogens (tertiary/aromatic N) is 1. The molecule has 3 nitrogen and oxygen atoms in total. The molecule has 0 amide bonds. The van der Waals surface area contributed by atoms with Gasteiger partial charge in [-0.1, -0.05) is 13.8 Å². The first kappa shape index (κ1) is 13.5. The highest BCUT2D eigenvalue weighted by Gasteiger charge is 2.34. The fourth-order valence-corrected chi connectivity index (χ4v) is 2.33. The summed E-state index contributed by atoms with van der Waals surface area (Å²) in [5, 5.41) is 12.2. The van der Waals surface area contributed by atoms with E-state index in [1.807, 2.05) is 6.92 Å². The van der Waals surface area contributed by atoms with E-state index in [2.05, 4.69) is 25.2 Å². The number of hydrogen-bond acceptors (Lipinski definition) is 3. The number of ether oxygens (including phenoxy) is 1. The number of nitriles is 1. The molecule has 0 aromatic carbocycles. The summed E-state index contributed by atoms with van der Waals surface area (Å²) in [6.07, 6.45) is 4.31. The van der Waals surface area contributed by atoms with Crippen molar-refractivity contribution in [3.8, 4) is 6.07 Å². The molecule has 0 aromatic rings. The lowest BCUT2D eigenvalue weighted by Gasteiger charge is -2.40. The molecule has 2 atom stereocenters. The molecule has 0 aromatic heterocycles. The monoisotopic (exact) mass is 224 g/mol. The van der Waals surface area contributed by atoms with Crippen molar-refractivity contribution in [1.29, 1.82) is 5.26 Å². The minimum Gasteiger partial charge on any atom is -0.375 e. The maximum absolute atomic E-state index is 8.74. The molecule has 0 radical (unpaired) electrons. The fraction of sp³-hybridized carbons (Fsp3) is 0.923. The van der Waals surface area contributed by atoms with Crippen LogP contribution < -0.4 is 5.32 Å². The van der Waals surface area contributed by atoms with E-state index in [-0.39, 0.29) is 11.5 Å². The number of rotatable bonds is 5. The van der Waals surface area contributed by atoms with Gasteiger partial charge in [0.15, 0.2) is 0 Å². The lowest BCUT2D eigenvalue weighted by atomic mass is 9.86. The normalized spacial score (nSPS) is 26.0. The van der Waals surface area contributed by atoms with E-state index >= 15 is 0 Å². The standard InChI is InChI=1S/C13H24N2O/c1-4-13(5-2)8-12(6-7-16-13)15-10-11(3)9-14/h11-12,15H,4-8,10H2,1-3H3. The lowest BCUT2D eigenvalue weighted by Crippen LogP contribution is -2.47. The zero-order valence-electron chi connectivity index (χ0n) is 10.8. The quantitative estimate of drug-likeness (QED) is 0.780. The Morgan fingerprint density at radius 1 is 1.50 bits per heavy atom. The molecule has 0 aliphatic carbocycles. The van der Waals surface area contributed by atoms with Crippen molar-refractivity contribution in [3.63, 3.8) is 0 Å². The third-order valence-corrected chi connectivity index (χ3v) is 3.71. The fourth-order valence-electron chi connectivity index (χ4n) is 2.33. The second-order valence-corrected chi connectivity index (χ2v) is 4.87. The first-order valence-electron chi connectivity index (χ1n) is 6.42. The molecule has 3 heteroatoms. The van der Waals surface area contributed by atoms with Gasteiger partial charge in [0.25, 0.3) is 0 Å². The van der Waals surface area contributed by atoms with Crippen molar-refractivity contribution < 1.29 is 4.74 Å². The van der Waals surface area contributed by atoms with E-state index in [9.17, 15) is 0 Å². The molecule has 0 bridgehead atoms. The highest BCUT2D eigenvalue weighted by atomic mass is 16.5. The van der Waals surface area contributed by atoms with Gasteiger partial charge in [-0.2, -0.15) is 5.26 Å². The summed E-state index contributed by atoms with van der Waals surface area (Å²) >= 11 is 0. The van der Waals surface area contributed by atoms with Crippen molar-refractivity contribution in [1.82, 2.24) is 5.32 Å². The summed E-state index contributed by atoms with van der Waals surface area (Å²) < 4.78 is 5.92. The Morgan fingerprint density at radius 3 is 2.75 bits per heavy atom. The van der Waals surface area contributed by atoms with E-state index in [1.165, 1.54) is 0 Å². The summed E-state index contributed by atoms with van der Waals surface area (Å²) in [7, 11) is 0. The van der Waals surface area contributed by atoms with Crippen LogP contribution in [0.5, 0.6) is 0 Å². The zero-order chi connectivity index (χ0) is 12.0. The Kier molecular flexibility index (Phi) is 5.24. The Labute approximate surface area is 99.2 Å². The molecule has 1 heterocycles. The second-order valence-electron chi connectivity index (χ2n) is 4.87. The zero-order valence-corrected chi connectivity index (χ0v) is 10.8. The molecule has 92 valence electrons. The minimum absolute atomic E-state index is 0.0752. The Hall–Kier alpha value is -0.590. The topological polar surface area (TPSA) is 45.0 Å². The smallest absolute Gasteiger partial charge is 0.0692 e. The van der Waals surface area contributed by atoms with Gasteiger partial charge in [-0.05, 0) is 32.6 Å². The molecule has 0 saturated carbocycles. The maximum Gasteiger partial charge on any atom is 0.0692 e. The van der Waals surface area contributed by atoms with E-state index in [1.54, 1.807) is 0 Å². The summed E-state index contributed by atoms with van der Waals surface area (Å²) in [6.45, 7) is 8.00. The molecule has 2 unspecified atom stereocenters. The minimum atomic E-state index is 0.0752. The molecular formula is C13H24N2O. The molecule has 16 heavy (non-hydrogen) atoms. The first-order chi connectivity index (χ1) is 7.65. The van der Waals surface area contributed by atoms with Gasteiger partial charge in [-0.3, -0.25) is 0 Å². The Bertz CT molecular complexity index is 243. The van der Waals surface area contributed by atoms with Gasteiger partial charge in [-0.25, -0.2) is 0 Å². The van der Waals surface area contributed by atoms with Gasteiger partial charge in [0.05, 0.1) is 17.6 Å². The molecule has 0 spiro atoms. The molecular weight excluding hydrogens is 200 g/mol. The second kappa shape index (κ2) is 6.22. The van der Waals surface area contributed by atoms with Crippen LogP contribution in [0.25, 0.3) is 0 Å². The van der Waals surface area contributed by atoms with Crippen LogP contribution in [0.15, 0.2) is 0 Å². The largest absolute Gasteiger partial charge is 0.375 e. The lowest BCUT2D eigenvalue weighted by molar-refractivity contribution is -0.0931. The van der Waals surface area contributed by atoms with Crippen molar-refractivity contribution in [2.45, 2.75) is 58.1 Å². The first-order valence-corrected chi connectivity index (χ1v) is 6.42. The number of hydrogen-bond donors (Lipinski definition) is 1. The van der Waals surface area contributed by atoms with Crippen molar-refractivity contribution in [2.24, 2.45) is 5.92 Å². The average molecular weight is 224 g/mol. The average Bonchev–Trinajstić information content (AvgIpc) is 2.36. The highest BCUT2D eigenvalue weighted by Crippen LogP contribution is 2.31. The molecule has 1 aliphatic rings. The van der Waals surface area contributed by atoms with Gasteiger partial charge in [0.1, 0.15) is 0 Å². The van der Waals surface area contributed by atoms with Gasteiger partial charge < -0.3 is 10.1 Å². The van der Waals surface area contributed by atoms with Crippen LogP contribution >= 0.6 is 0 Å². The highest BCUT2D eigenvalue weighted by molar-refractivity contribution is 4.89. The van der Waals surface area contributed by atoms with Gasteiger partial charge in [-0.15, -0.1) is 0 Å². The molecule has 1 rings (SSSR count). The third kappa shape index (κ3) is 3.47. The molecule has 1 saturated heterocycles. The van der Waals surface area contributed by atoms with Gasteiger partial charge >= 0.3 is 0 Å². The predicted molar refractivity (Wildman–Crippen MR) is 65.1 cm³/mol. The maximum atomic E-state index is 8.74. The van der Waals surface area contributed by atoms with Crippen molar-refractivity contribution in [3.05, 3.63) is 0 Å². The van der Waals surface area contributed by atoms with Crippen LogP contribution in [0.2, 0.25) is 0 Å². The number of nitrogens with one attached hydrogen (secondary N) is 1. The van der Waals surface area contributed by atoms with Gasteiger partial charge in [0.2, 0.25) is 0 Å². The SMILES string of the molecule is CCC1(CC)CC(NCC(C)C#N)CCO1. The summed E-state index contributed by atoms with van der Waals surface area (Å²) in [5.74, 6) is 0.0977. The molecule has 1 aliphatic heterocycles. The van der Waals surface area contributed by atoms with Crippen LogP contribution in [-0.4, -0.2) is 24.8 Å². The molecule has 1 N–H and O–H groups in total. The van der Waals surface area contributed by atoms with Crippen LogP contribution in [0.4, 0.5) is 0 Å². The van der Waals surface area contributed by atoms with Crippen LogP contribution in [0.1, 0.15) is 46.5 Å². The van der Waals surface area contributed by atoms with E-state index in [4.69, 9.17) is 10.00 Å². The van der Waals surface area contributed by atoms with Crippen LogP contribution in [0, 0.1) is 17.2 Å².